The highest BCUT2D eigenvalue weighted by atomic mass is 19.3. The average Bonchev–Trinajstić information content (AvgIpc) is 3.80. The number of pyridine rings is 2. The van der Waals surface area contributed by atoms with Gasteiger partial charge in [-0.2, -0.15) is 5.10 Å². The number of nitrogens with two attached hydrogens (primary N) is 1. The Labute approximate surface area is 254 Å². The summed E-state index contributed by atoms with van der Waals surface area (Å²) in [5.74, 6) is 0.0848. The largest absolute Gasteiger partial charge is 0.507 e. The Morgan fingerprint density at radius 2 is 1.96 bits per heavy atom. The van der Waals surface area contributed by atoms with E-state index in [0.717, 1.165) is 11.1 Å². The van der Waals surface area contributed by atoms with E-state index in [4.69, 9.17) is 10.7 Å². The van der Waals surface area contributed by atoms with Crippen LogP contribution >= 0.6 is 0 Å². The second-order valence-electron chi connectivity index (χ2n) is 10.5. The number of carbonyl (C=O) groups is 2. The number of nitrogen functional groups attached to an aromatic ring is 1. The lowest BCUT2D eigenvalue weighted by atomic mass is 10.1. The number of aldehydes is 1. The molecule has 11 nitrogen and oxygen atoms in total. The van der Waals surface area contributed by atoms with Crippen LogP contribution in [0.2, 0.25) is 0 Å². The number of carbonyl (C=O) groups excluding carboxylic acids is 2. The number of alkyl halides is 2. The zero-order valence-electron chi connectivity index (χ0n) is 23.4. The van der Waals surface area contributed by atoms with E-state index in [0.29, 0.717) is 36.2 Å². The zero-order chi connectivity index (χ0) is 31.2. The highest BCUT2D eigenvalue weighted by Crippen LogP contribution is 2.38. The van der Waals surface area contributed by atoms with Crippen molar-refractivity contribution in [2.24, 2.45) is 0 Å². The number of fused-ring (bicyclic) bond motifs is 2. The number of imidazole rings is 1. The van der Waals surface area contributed by atoms with Crippen LogP contribution < -0.4 is 11.1 Å². The minimum atomic E-state index is -2.84. The SMILES string of the molecule is Nc1ncccc1-c1nc2c(C(F)F)cc(-n3cccn3)nc2n1-c1ccc2c(c1)CC[C@@H]2NC(=O)c1ccc(O)c(C=O)c1. The van der Waals surface area contributed by atoms with Crippen molar-refractivity contribution in [3.63, 3.8) is 0 Å². The molecule has 0 bridgehead atoms. The molecule has 4 aromatic heterocycles. The molecule has 4 heterocycles. The summed E-state index contributed by atoms with van der Waals surface area (Å²) >= 11 is 0. The van der Waals surface area contributed by atoms with Crippen molar-refractivity contribution in [1.82, 2.24) is 34.6 Å². The molecule has 2 aromatic carbocycles. The van der Waals surface area contributed by atoms with Crippen LogP contribution in [-0.2, 0) is 6.42 Å². The summed E-state index contributed by atoms with van der Waals surface area (Å²) in [5.41, 5.74) is 9.32. The minimum Gasteiger partial charge on any atom is -0.507 e. The molecular formula is C32H24F2N8O3. The summed E-state index contributed by atoms with van der Waals surface area (Å²) < 4.78 is 32.0. The van der Waals surface area contributed by atoms with Crippen molar-refractivity contribution in [1.29, 1.82) is 0 Å². The number of aryl methyl sites for hydroxylation is 1. The Kier molecular flexibility index (Phi) is 6.76. The summed E-state index contributed by atoms with van der Waals surface area (Å²) in [6.07, 6.45) is 3.59. The van der Waals surface area contributed by atoms with E-state index < -0.39 is 6.43 Å². The van der Waals surface area contributed by atoms with Crippen LogP contribution in [0.15, 0.2) is 79.3 Å². The Morgan fingerprint density at radius 1 is 1.09 bits per heavy atom. The van der Waals surface area contributed by atoms with Crippen LogP contribution in [0.25, 0.3) is 34.1 Å². The summed E-state index contributed by atoms with van der Waals surface area (Å²) in [4.78, 5) is 37.8. The summed E-state index contributed by atoms with van der Waals surface area (Å²) in [7, 11) is 0. The monoisotopic (exact) mass is 606 g/mol. The lowest BCUT2D eigenvalue weighted by Gasteiger charge is -2.16. The van der Waals surface area contributed by atoms with Crippen LogP contribution in [0.1, 0.15) is 56.3 Å². The fourth-order valence-electron chi connectivity index (χ4n) is 5.70. The first-order valence-electron chi connectivity index (χ1n) is 14.0. The third-order valence-electron chi connectivity index (χ3n) is 7.87. The van der Waals surface area contributed by atoms with Crippen LogP contribution in [0, 0.1) is 0 Å². The number of hydrogen-bond donors (Lipinski definition) is 3. The van der Waals surface area contributed by atoms with Gasteiger partial charge in [-0.3, -0.25) is 14.2 Å². The molecule has 1 amide bonds. The molecule has 0 saturated heterocycles. The molecule has 0 radical (unpaired) electrons. The lowest BCUT2D eigenvalue weighted by Crippen LogP contribution is -2.27. The van der Waals surface area contributed by atoms with Gasteiger partial charge in [0.1, 0.15) is 17.1 Å². The second kappa shape index (κ2) is 10.9. The molecule has 224 valence electrons. The summed E-state index contributed by atoms with van der Waals surface area (Å²) in [5, 5.41) is 17.0. The smallest absolute Gasteiger partial charge is 0.266 e. The average molecular weight is 607 g/mol. The fraction of sp³-hybridized carbons (Fsp3) is 0.125. The number of aromatic nitrogens is 6. The highest BCUT2D eigenvalue weighted by molar-refractivity contribution is 5.96. The number of nitrogens with one attached hydrogen (secondary N) is 1. The molecule has 0 fully saturated rings. The number of phenols is 1. The maximum absolute atomic E-state index is 14.4. The summed E-state index contributed by atoms with van der Waals surface area (Å²) in [6.45, 7) is 0. The molecule has 7 rings (SSSR count). The van der Waals surface area contributed by atoms with E-state index in [1.54, 1.807) is 29.0 Å². The van der Waals surface area contributed by atoms with E-state index in [1.165, 1.54) is 41.3 Å². The van der Waals surface area contributed by atoms with Crippen LogP contribution in [0.3, 0.4) is 0 Å². The molecule has 13 heteroatoms. The third-order valence-corrected chi connectivity index (χ3v) is 7.87. The Balaban J connectivity index is 1.34. The van der Waals surface area contributed by atoms with Crippen LogP contribution in [-0.4, -0.2) is 46.6 Å². The van der Waals surface area contributed by atoms with Gasteiger partial charge in [0.05, 0.1) is 22.7 Å². The fourth-order valence-corrected chi connectivity index (χ4v) is 5.70. The quantitative estimate of drug-likeness (QED) is 0.212. The number of halogens is 2. The Bertz CT molecular complexity index is 2110. The van der Waals surface area contributed by atoms with E-state index in [2.05, 4.69) is 20.4 Å². The van der Waals surface area contributed by atoms with Crippen molar-refractivity contribution in [3.05, 3.63) is 107 Å². The van der Waals surface area contributed by atoms with Gasteiger partial charge < -0.3 is 16.2 Å². The van der Waals surface area contributed by atoms with Crippen molar-refractivity contribution < 1.29 is 23.5 Å². The molecule has 0 unspecified atom stereocenters. The molecule has 0 spiro atoms. The number of nitrogens with zero attached hydrogens (tertiary/aromatic N) is 6. The molecule has 4 N–H and O–H groups in total. The van der Waals surface area contributed by atoms with Gasteiger partial charge in [0.2, 0.25) is 0 Å². The Hall–Kier alpha value is -5.98. The first-order valence-corrected chi connectivity index (χ1v) is 14.0. The molecule has 1 atom stereocenters. The van der Waals surface area contributed by atoms with Crippen molar-refractivity contribution in [3.8, 4) is 28.6 Å². The number of anilines is 1. The molecule has 45 heavy (non-hydrogen) atoms. The van der Waals surface area contributed by atoms with Gasteiger partial charge in [-0.25, -0.2) is 28.4 Å². The molecular weight excluding hydrogens is 582 g/mol. The molecule has 0 saturated carbocycles. The molecule has 0 aliphatic heterocycles. The van der Waals surface area contributed by atoms with E-state index >= 15 is 0 Å². The second-order valence-corrected chi connectivity index (χ2v) is 10.5. The number of aromatic hydroxyl groups is 1. The standard InChI is InChI=1S/C32H24F2N8O3/c33-28(34)23-15-26(41-12-2-11-37-41)39-31-27(23)40-30(22-3-1-10-36-29(22)35)42(31)20-6-7-21-17(14-20)4-8-24(21)38-32(45)18-5-9-25(44)19(13-18)16-43/h1-3,5-7,9-16,24,28,44H,4,8H2,(H2,35,36)(H,38,45)/t24-/m0/s1. The maximum Gasteiger partial charge on any atom is 0.266 e. The maximum atomic E-state index is 14.4. The first-order chi connectivity index (χ1) is 21.8. The highest BCUT2D eigenvalue weighted by Gasteiger charge is 2.28. The number of hydrogen-bond acceptors (Lipinski definition) is 8. The molecule has 1 aliphatic rings. The summed E-state index contributed by atoms with van der Waals surface area (Å²) in [6, 6.07) is 15.8. The third kappa shape index (κ3) is 4.83. The number of phenolic OH excluding ortho intramolecular Hbond substituents is 1. The zero-order valence-corrected chi connectivity index (χ0v) is 23.4. The van der Waals surface area contributed by atoms with E-state index in [1.807, 2.05) is 18.2 Å². The van der Waals surface area contributed by atoms with Crippen LogP contribution in [0.4, 0.5) is 14.6 Å². The van der Waals surface area contributed by atoms with Gasteiger partial charge in [-0.05, 0) is 78.6 Å². The first kappa shape index (κ1) is 27.8. The van der Waals surface area contributed by atoms with Crippen molar-refractivity contribution in [2.75, 3.05) is 5.73 Å². The van der Waals surface area contributed by atoms with Gasteiger partial charge in [0.25, 0.3) is 12.3 Å². The van der Waals surface area contributed by atoms with Gasteiger partial charge in [-0.15, -0.1) is 0 Å². The lowest BCUT2D eigenvalue weighted by molar-refractivity contribution is 0.0936. The van der Waals surface area contributed by atoms with E-state index in [9.17, 15) is 23.5 Å². The normalized spacial score (nSPS) is 14.2. The van der Waals surface area contributed by atoms with Crippen molar-refractivity contribution >= 4 is 29.2 Å². The van der Waals surface area contributed by atoms with Gasteiger partial charge in [0, 0.05) is 29.8 Å². The van der Waals surface area contributed by atoms with Crippen LogP contribution in [0.5, 0.6) is 5.75 Å². The van der Waals surface area contributed by atoms with Gasteiger partial charge in [-0.1, -0.05) is 6.07 Å². The van der Waals surface area contributed by atoms with E-state index in [-0.39, 0.29) is 57.2 Å². The van der Waals surface area contributed by atoms with Gasteiger partial charge in [0.15, 0.2) is 23.6 Å². The van der Waals surface area contributed by atoms with Gasteiger partial charge >= 0.3 is 0 Å². The molecule has 1 aliphatic carbocycles. The number of benzene rings is 2. The predicted molar refractivity (Wildman–Crippen MR) is 161 cm³/mol. The minimum absolute atomic E-state index is 0.0217. The number of amides is 1. The van der Waals surface area contributed by atoms with Crippen molar-refractivity contribution in [2.45, 2.75) is 25.3 Å². The molecule has 6 aromatic rings. The number of rotatable bonds is 7. The predicted octanol–water partition coefficient (Wildman–Crippen LogP) is 5.12. The topological polar surface area (TPSA) is 154 Å². The Morgan fingerprint density at radius 3 is 2.71 bits per heavy atom.